The molecule has 2 amide bonds. The van der Waals surface area contributed by atoms with Crippen LogP contribution in [0.5, 0.6) is 0 Å². The second-order valence-electron chi connectivity index (χ2n) is 7.03. The summed E-state index contributed by atoms with van der Waals surface area (Å²) in [6, 6.07) is 8.54. The van der Waals surface area contributed by atoms with E-state index >= 15 is 0 Å². The predicted molar refractivity (Wildman–Crippen MR) is 87.3 cm³/mol. The third-order valence-corrected chi connectivity index (χ3v) is 5.41. The number of aryl methyl sites for hydroxylation is 1. The molecule has 1 saturated carbocycles. The minimum absolute atomic E-state index is 0.178. The van der Waals surface area contributed by atoms with Crippen LogP contribution in [0.4, 0.5) is 4.79 Å². The summed E-state index contributed by atoms with van der Waals surface area (Å²) in [5.41, 5.74) is 8.51. The fourth-order valence-electron chi connectivity index (χ4n) is 3.63. The van der Waals surface area contributed by atoms with E-state index in [1.165, 1.54) is 30.4 Å². The normalized spacial score (nSPS) is 29.1. The van der Waals surface area contributed by atoms with Crippen molar-refractivity contribution in [3.05, 3.63) is 35.4 Å². The number of benzene rings is 1. The van der Waals surface area contributed by atoms with Gasteiger partial charge in [-0.25, -0.2) is 4.79 Å². The minimum atomic E-state index is -0.415. The summed E-state index contributed by atoms with van der Waals surface area (Å²) >= 11 is 0. The van der Waals surface area contributed by atoms with Crippen molar-refractivity contribution in [3.8, 4) is 0 Å². The van der Waals surface area contributed by atoms with Crippen LogP contribution in [0.1, 0.15) is 57.1 Å². The van der Waals surface area contributed by atoms with Crippen LogP contribution in [0.3, 0.4) is 0 Å². The number of carbonyl (C=O) groups excluding carboxylic acids is 1. The molecule has 0 saturated heterocycles. The molecule has 3 nitrogen and oxygen atoms in total. The van der Waals surface area contributed by atoms with E-state index in [9.17, 15) is 4.79 Å². The van der Waals surface area contributed by atoms with Gasteiger partial charge in [-0.1, -0.05) is 43.7 Å². The number of hydrogen-bond donors (Lipinski definition) is 2. The molecule has 3 heteroatoms. The van der Waals surface area contributed by atoms with Crippen molar-refractivity contribution in [2.45, 2.75) is 58.3 Å². The molecule has 21 heavy (non-hydrogen) atoms. The highest BCUT2D eigenvalue weighted by atomic mass is 16.2. The fourth-order valence-corrected chi connectivity index (χ4v) is 3.63. The highest BCUT2D eigenvalue weighted by Gasteiger charge is 2.40. The molecule has 1 aromatic carbocycles. The van der Waals surface area contributed by atoms with Gasteiger partial charge in [-0.05, 0) is 55.4 Å². The Balaban J connectivity index is 2.11. The first-order valence-electron chi connectivity index (χ1n) is 8.00. The highest BCUT2D eigenvalue weighted by molar-refractivity contribution is 5.71. The van der Waals surface area contributed by atoms with Gasteiger partial charge in [-0.3, -0.25) is 0 Å². The van der Waals surface area contributed by atoms with Gasteiger partial charge in [0, 0.05) is 6.54 Å². The Morgan fingerprint density at radius 2 is 1.95 bits per heavy atom. The molecule has 1 aromatic rings. The van der Waals surface area contributed by atoms with E-state index in [4.69, 9.17) is 5.73 Å². The zero-order chi connectivity index (χ0) is 15.5. The van der Waals surface area contributed by atoms with E-state index < -0.39 is 6.03 Å². The van der Waals surface area contributed by atoms with Crippen molar-refractivity contribution in [1.29, 1.82) is 0 Å². The quantitative estimate of drug-likeness (QED) is 0.867. The van der Waals surface area contributed by atoms with Crippen molar-refractivity contribution in [3.63, 3.8) is 0 Å². The number of nitrogens with two attached hydrogens (primary N) is 1. The maximum atomic E-state index is 10.9. The Morgan fingerprint density at radius 3 is 2.48 bits per heavy atom. The van der Waals surface area contributed by atoms with E-state index in [-0.39, 0.29) is 5.41 Å². The van der Waals surface area contributed by atoms with Gasteiger partial charge in [0.2, 0.25) is 0 Å². The number of hydrogen-bond acceptors (Lipinski definition) is 1. The highest BCUT2D eigenvalue weighted by Crippen LogP contribution is 2.48. The molecule has 116 valence electrons. The van der Waals surface area contributed by atoms with Gasteiger partial charge in [0.05, 0.1) is 0 Å². The summed E-state index contributed by atoms with van der Waals surface area (Å²) in [6.45, 7) is 7.41. The molecular formula is C18H28N2O. The maximum Gasteiger partial charge on any atom is 0.312 e. The van der Waals surface area contributed by atoms with E-state index in [0.29, 0.717) is 12.0 Å². The zero-order valence-electron chi connectivity index (χ0n) is 13.5. The average Bonchev–Trinajstić information content (AvgIpc) is 2.47. The molecule has 0 unspecified atom stereocenters. The van der Waals surface area contributed by atoms with E-state index in [2.05, 4.69) is 50.4 Å². The van der Waals surface area contributed by atoms with Crippen molar-refractivity contribution < 1.29 is 4.79 Å². The number of nitrogens with one attached hydrogen (secondary N) is 1. The Hall–Kier alpha value is -1.51. The molecule has 1 aliphatic carbocycles. The average molecular weight is 288 g/mol. The van der Waals surface area contributed by atoms with Gasteiger partial charge >= 0.3 is 6.03 Å². The van der Waals surface area contributed by atoms with Crippen LogP contribution >= 0.6 is 0 Å². The van der Waals surface area contributed by atoms with Crippen LogP contribution < -0.4 is 11.1 Å². The van der Waals surface area contributed by atoms with Crippen molar-refractivity contribution in [1.82, 2.24) is 5.32 Å². The third-order valence-electron chi connectivity index (χ3n) is 5.41. The van der Waals surface area contributed by atoms with Crippen molar-refractivity contribution in [2.24, 2.45) is 11.1 Å². The Bertz CT molecular complexity index is 502. The first kappa shape index (κ1) is 15.9. The number of amides is 2. The number of primary amides is 1. The summed E-state index contributed by atoms with van der Waals surface area (Å²) in [5, 5.41) is 2.79. The summed E-state index contributed by atoms with van der Waals surface area (Å²) < 4.78 is 0. The van der Waals surface area contributed by atoms with Gasteiger partial charge < -0.3 is 11.1 Å². The smallest absolute Gasteiger partial charge is 0.312 e. The Morgan fingerprint density at radius 1 is 1.29 bits per heavy atom. The lowest BCUT2D eigenvalue weighted by Gasteiger charge is -2.45. The zero-order valence-corrected chi connectivity index (χ0v) is 13.5. The molecule has 3 N–H and O–H groups in total. The first-order valence-corrected chi connectivity index (χ1v) is 8.00. The van der Waals surface area contributed by atoms with Gasteiger partial charge in [0.25, 0.3) is 0 Å². The molecule has 0 radical (unpaired) electrons. The van der Waals surface area contributed by atoms with Crippen LogP contribution in [0.15, 0.2) is 24.3 Å². The summed E-state index contributed by atoms with van der Waals surface area (Å²) in [4.78, 5) is 10.9. The van der Waals surface area contributed by atoms with Crippen LogP contribution in [0.25, 0.3) is 0 Å². The minimum Gasteiger partial charge on any atom is -0.352 e. The Labute approximate surface area is 128 Å². The topological polar surface area (TPSA) is 55.1 Å². The number of carbonyl (C=O) groups is 1. The second kappa shape index (κ2) is 6.08. The molecule has 0 aromatic heterocycles. The van der Waals surface area contributed by atoms with Crippen LogP contribution in [-0.4, -0.2) is 12.6 Å². The lowest BCUT2D eigenvalue weighted by atomic mass is 9.60. The summed E-state index contributed by atoms with van der Waals surface area (Å²) in [7, 11) is 0. The first-order chi connectivity index (χ1) is 9.89. The fraction of sp³-hybridized carbons (Fsp3) is 0.611. The van der Waals surface area contributed by atoms with Crippen molar-refractivity contribution >= 4 is 6.03 Å². The van der Waals surface area contributed by atoms with Crippen LogP contribution in [0, 0.1) is 12.3 Å². The monoisotopic (exact) mass is 288 g/mol. The molecule has 0 spiro atoms. The molecular weight excluding hydrogens is 260 g/mol. The SMILES string of the molecule is CCC1(c2cccc(C)c2)CCC(C)(CNC(N)=O)CC1. The van der Waals surface area contributed by atoms with Gasteiger partial charge in [-0.2, -0.15) is 0 Å². The molecule has 0 aliphatic heterocycles. The lowest BCUT2D eigenvalue weighted by molar-refractivity contribution is 0.139. The standard InChI is InChI=1S/C18H28N2O/c1-4-18(15-7-5-6-14(2)12-15)10-8-17(3,9-11-18)13-20-16(19)21/h5-7,12H,4,8-11,13H2,1-3H3,(H3,19,20,21). The summed E-state index contributed by atoms with van der Waals surface area (Å²) in [5.74, 6) is 0. The van der Waals surface area contributed by atoms with Crippen molar-refractivity contribution in [2.75, 3.05) is 6.54 Å². The summed E-state index contributed by atoms with van der Waals surface area (Å²) in [6.07, 6.45) is 5.81. The predicted octanol–water partition coefficient (Wildman–Crippen LogP) is 3.89. The van der Waals surface area contributed by atoms with Crippen LogP contribution in [0.2, 0.25) is 0 Å². The maximum absolute atomic E-state index is 10.9. The second-order valence-corrected chi connectivity index (χ2v) is 7.03. The number of urea groups is 1. The van der Waals surface area contributed by atoms with Gasteiger partial charge in [0.1, 0.15) is 0 Å². The third kappa shape index (κ3) is 3.58. The molecule has 1 fully saturated rings. The lowest BCUT2D eigenvalue weighted by Crippen LogP contribution is -2.43. The van der Waals surface area contributed by atoms with E-state index in [1.807, 2.05) is 0 Å². The molecule has 1 aliphatic rings. The van der Waals surface area contributed by atoms with Crippen LogP contribution in [-0.2, 0) is 5.41 Å². The Kier molecular flexibility index (Phi) is 4.60. The molecule has 0 heterocycles. The molecule has 2 rings (SSSR count). The molecule has 0 atom stereocenters. The van der Waals surface area contributed by atoms with E-state index in [0.717, 1.165) is 12.8 Å². The molecule has 0 bridgehead atoms. The van der Waals surface area contributed by atoms with E-state index in [1.54, 1.807) is 0 Å². The van der Waals surface area contributed by atoms with Gasteiger partial charge in [0.15, 0.2) is 0 Å². The number of rotatable bonds is 4. The largest absolute Gasteiger partial charge is 0.352 e. The van der Waals surface area contributed by atoms with Gasteiger partial charge in [-0.15, -0.1) is 0 Å².